The maximum absolute atomic E-state index is 12.4. The van der Waals surface area contributed by atoms with Crippen molar-refractivity contribution in [2.75, 3.05) is 0 Å². The summed E-state index contributed by atoms with van der Waals surface area (Å²) in [4.78, 5) is 13.1. The van der Waals surface area contributed by atoms with E-state index in [0.717, 1.165) is 6.07 Å². The Morgan fingerprint density at radius 3 is 2.67 bits per heavy atom. The summed E-state index contributed by atoms with van der Waals surface area (Å²) in [6, 6.07) is 0.966. The third kappa shape index (κ3) is 2.60. The summed E-state index contributed by atoms with van der Waals surface area (Å²) < 4.78 is 24.8. The van der Waals surface area contributed by atoms with Gasteiger partial charge in [0.15, 0.2) is 5.69 Å². The summed E-state index contributed by atoms with van der Waals surface area (Å²) in [5, 5.41) is 10.5. The van der Waals surface area contributed by atoms with Gasteiger partial charge in [0.25, 0.3) is 6.43 Å². The van der Waals surface area contributed by atoms with Crippen molar-refractivity contribution in [3.63, 3.8) is 0 Å². The average molecular weight is 301 g/mol. The molecule has 0 bridgehead atoms. The lowest BCUT2D eigenvalue weighted by atomic mass is 10.2. The molecule has 0 saturated heterocycles. The number of nitrogens with zero attached hydrogens (tertiary/aromatic N) is 2. The van der Waals surface area contributed by atoms with Gasteiger partial charge < -0.3 is 10.1 Å². The summed E-state index contributed by atoms with van der Waals surface area (Å²) in [5.74, 6) is -0.816. The summed E-state index contributed by atoms with van der Waals surface area (Å²) in [6.45, 7) is 0. The van der Waals surface area contributed by atoms with Gasteiger partial charge in [-0.25, -0.2) is 8.78 Å². The quantitative estimate of drug-likeness (QED) is 0.488. The number of hydrogen-bond donors (Lipinski definition) is 0. The maximum Gasteiger partial charge on any atom is 0.378 e. The molecular formula is C7H4BrClF2N2O2. The number of hydrogen-bond acceptors (Lipinski definition) is 3. The Morgan fingerprint density at radius 1 is 1.67 bits per heavy atom. The van der Waals surface area contributed by atoms with Gasteiger partial charge in [-0.2, -0.15) is 0 Å². The highest BCUT2D eigenvalue weighted by molar-refractivity contribution is 9.10. The normalized spacial score (nSPS) is 10.7. The molecule has 0 amide bonds. The van der Waals surface area contributed by atoms with Gasteiger partial charge in [-0.1, -0.05) is 0 Å². The first-order valence-corrected chi connectivity index (χ1v) is 4.98. The van der Waals surface area contributed by atoms with E-state index in [1.165, 1.54) is 0 Å². The van der Waals surface area contributed by atoms with Gasteiger partial charge in [0.1, 0.15) is 4.47 Å². The fourth-order valence-corrected chi connectivity index (χ4v) is 1.65. The SMILES string of the molecule is O=[N+]([O-])c1nc(CCl)c(C(F)F)cc1Br. The van der Waals surface area contributed by atoms with Crippen LogP contribution in [0.5, 0.6) is 0 Å². The van der Waals surface area contributed by atoms with Gasteiger partial charge in [0, 0.05) is 0 Å². The van der Waals surface area contributed by atoms with E-state index in [1.807, 2.05) is 0 Å². The number of aromatic nitrogens is 1. The maximum atomic E-state index is 12.4. The zero-order valence-electron chi connectivity index (χ0n) is 7.08. The summed E-state index contributed by atoms with van der Waals surface area (Å²) in [6.07, 6.45) is -2.76. The van der Waals surface area contributed by atoms with E-state index < -0.39 is 22.7 Å². The summed E-state index contributed by atoms with van der Waals surface area (Å²) in [5.41, 5.74) is -0.580. The lowest BCUT2D eigenvalue weighted by molar-refractivity contribution is -0.390. The lowest BCUT2D eigenvalue weighted by Crippen LogP contribution is -2.01. The van der Waals surface area contributed by atoms with Crippen LogP contribution in [0.3, 0.4) is 0 Å². The van der Waals surface area contributed by atoms with Crippen LogP contribution in [-0.4, -0.2) is 9.91 Å². The molecule has 0 spiro atoms. The van der Waals surface area contributed by atoms with Crippen LogP contribution in [0.1, 0.15) is 17.7 Å². The molecule has 15 heavy (non-hydrogen) atoms. The topological polar surface area (TPSA) is 56.0 Å². The number of alkyl halides is 3. The Balaban J connectivity index is 3.35. The van der Waals surface area contributed by atoms with E-state index in [-0.39, 0.29) is 16.0 Å². The smallest absolute Gasteiger partial charge is 0.358 e. The second kappa shape index (κ2) is 4.80. The first kappa shape index (κ1) is 12.3. The first-order chi connectivity index (χ1) is 6.97. The highest BCUT2D eigenvalue weighted by atomic mass is 79.9. The number of halogens is 4. The van der Waals surface area contributed by atoms with Crippen LogP contribution in [0.2, 0.25) is 0 Å². The molecular weight excluding hydrogens is 297 g/mol. The second-order valence-corrected chi connectivity index (χ2v) is 3.64. The van der Waals surface area contributed by atoms with Crippen LogP contribution in [0.4, 0.5) is 14.6 Å². The van der Waals surface area contributed by atoms with Gasteiger partial charge in [-0.05, 0) is 31.9 Å². The molecule has 0 atom stereocenters. The number of pyridine rings is 1. The van der Waals surface area contributed by atoms with Crippen LogP contribution < -0.4 is 0 Å². The van der Waals surface area contributed by atoms with Gasteiger partial charge in [0.2, 0.25) is 0 Å². The van der Waals surface area contributed by atoms with Crippen molar-refractivity contribution in [2.45, 2.75) is 12.3 Å². The fourth-order valence-electron chi connectivity index (χ4n) is 0.954. The number of nitro groups is 1. The fraction of sp³-hybridized carbons (Fsp3) is 0.286. The Kier molecular flexibility index (Phi) is 3.92. The van der Waals surface area contributed by atoms with Crippen LogP contribution in [0.25, 0.3) is 0 Å². The molecule has 1 aromatic rings. The number of rotatable bonds is 3. The minimum atomic E-state index is -2.76. The van der Waals surface area contributed by atoms with E-state index in [0.29, 0.717) is 0 Å². The molecule has 0 aliphatic carbocycles. The molecule has 0 aliphatic rings. The second-order valence-electron chi connectivity index (χ2n) is 2.52. The van der Waals surface area contributed by atoms with Crippen molar-refractivity contribution in [1.29, 1.82) is 0 Å². The Labute approximate surface area is 96.5 Å². The van der Waals surface area contributed by atoms with Gasteiger partial charge in [-0.3, -0.25) is 0 Å². The van der Waals surface area contributed by atoms with Crippen LogP contribution in [0, 0.1) is 10.1 Å². The summed E-state index contributed by atoms with van der Waals surface area (Å²) >= 11 is 8.17. The van der Waals surface area contributed by atoms with Gasteiger partial charge in [0.05, 0.1) is 11.4 Å². The Hall–Kier alpha value is -0.820. The molecule has 0 unspecified atom stereocenters. The molecule has 1 aromatic heterocycles. The highest BCUT2D eigenvalue weighted by Crippen LogP contribution is 2.31. The Bertz CT molecular complexity index is 403. The van der Waals surface area contributed by atoms with Crippen molar-refractivity contribution < 1.29 is 13.7 Å². The van der Waals surface area contributed by atoms with Crippen LogP contribution >= 0.6 is 27.5 Å². The van der Waals surface area contributed by atoms with Crippen molar-refractivity contribution in [2.24, 2.45) is 0 Å². The summed E-state index contributed by atoms with van der Waals surface area (Å²) in [7, 11) is 0. The molecule has 4 nitrogen and oxygen atoms in total. The first-order valence-electron chi connectivity index (χ1n) is 3.65. The van der Waals surface area contributed by atoms with Crippen molar-refractivity contribution >= 4 is 33.3 Å². The van der Waals surface area contributed by atoms with E-state index in [4.69, 9.17) is 11.6 Å². The van der Waals surface area contributed by atoms with Crippen molar-refractivity contribution in [1.82, 2.24) is 4.98 Å². The average Bonchev–Trinajstić information content (AvgIpc) is 2.16. The zero-order valence-corrected chi connectivity index (χ0v) is 9.43. The molecule has 0 radical (unpaired) electrons. The van der Waals surface area contributed by atoms with E-state index >= 15 is 0 Å². The molecule has 8 heteroatoms. The molecule has 0 saturated carbocycles. The van der Waals surface area contributed by atoms with Gasteiger partial charge >= 0.3 is 5.82 Å². The molecule has 0 aliphatic heterocycles. The molecule has 0 fully saturated rings. The lowest BCUT2D eigenvalue weighted by Gasteiger charge is -2.03. The molecule has 0 aromatic carbocycles. The zero-order chi connectivity index (χ0) is 11.6. The van der Waals surface area contributed by atoms with E-state index in [2.05, 4.69) is 20.9 Å². The predicted octanol–water partition coefficient (Wildman–Crippen LogP) is 3.43. The van der Waals surface area contributed by atoms with Gasteiger partial charge in [-0.15, -0.1) is 11.6 Å². The van der Waals surface area contributed by atoms with Crippen molar-refractivity contribution in [3.8, 4) is 0 Å². The Morgan fingerprint density at radius 2 is 2.27 bits per heavy atom. The highest BCUT2D eigenvalue weighted by Gasteiger charge is 2.24. The van der Waals surface area contributed by atoms with Crippen LogP contribution in [-0.2, 0) is 5.88 Å². The van der Waals surface area contributed by atoms with E-state index in [1.54, 1.807) is 0 Å². The van der Waals surface area contributed by atoms with Crippen molar-refractivity contribution in [3.05, 3.63) is 31.9 Å². The third-order valence-electron chi connectivity index (χ3n) is 1.60. The molecule has 0 N–H and O–H groups in total. The monoisotopic (exact) mass is 300 g/mol. The minimum Gasteiger partial charge on any atom is -0.358 e. The molecule has 1 rings (SSSR count). The van der Waals surface area contributed by atoms with Crippen LogP contribution in [0.15, 0.2) is 10.5 Å². The standard InChI is InChI=1S/C7H4BrClF2N2O2/c8-4-1-3(6(10)11)5(2-9)12-7(4)13(14)15/h1,6H,2H2. The molecule has 82 valence electrons. The molecule has 1 heterocycles. The minimum absolute atomic E-state index is 0.0864. The predicted molar refractivity (Wildman–Crippen MR) is 53.1 cm³/mol. The van der Waals surface area contributed by atoms with E-state index in [9.17, 15) is 18.9 Å². The third-order valence-corrected chi connectivity index (χ3v) is 2.44. The largest absolute Gasteiger partial charge is 0.378 e.